The number of hydrogen-bond acceptors (Lipinski definition) is 3. The number of carbonyl (C=O) groups is 1. The van der Waals surface area contributed by atoms with Gasteiger partial charge >= 0.3 is 0 Å². The molecule has 0 aromatic rings. The zero-order valence-corrected chi connectivity index (χ0v) is 14.4. The van der Waals surface area contributed by atoms with Crippen molar-refractivity contribution in [2.75, 3.05) is 6.16 Å². The molecule has 2 N–H and O–H groups in total. The zero-order chi connectivity index (χ0) is 15.8. The molecule has 0 saturated carbocycles. The Morgan fingerprint density at radius 2 is 1.43 bits per heavy atom. The lowest BCUT2D eigenvalue weighted by Gasteiger charge is -2.09. The molecule has 124 valence electrons. The fourth-order valence-electron chi connectivity index (χ4n) is 2.32. The molecule has 0 aliphatic rings. The Bertz CT molecular complexity index is 262. The van der Waals surface area contributed by atoms with Crippen LogP contribution in [-0.4, -0.2) is 23.4 Å². The Hall–Kier alpha value is -0.470. The number of nitrogens with one attached hydrogen (secondary N) is 1. The molecule has 0 rings (SSSR count). The van der Waals surface area contributed by atoms with Gasteiger partial charge in [0.05, 0.1) is 6.16 Å². The van der Waals surface area contributed by atoms with Crippen LogP contribution in [0.25, 0.3) is 0 Å². The van der Waals surface area contributed by atoms with Crippen molar-refractivity contribution in [3.05, 3.63) is 0 Å². The van der Waals surface area contributed by atoms with E-state index in [9.17, 15) is 14.5 Å². The fraction of sp³-hybridized carbons (Fsp3) is 0.938. The summed E-state index contributed by atoms with van der Waals surface area (Å²) in [5.41, 5.74) is 0. The van der Waals surface area contributed by atoms with Crippen molar-refractivity contribution in [3.8, 4) is 0 Å². The molecule has 0 spiro atoms. The normalized spacial score (nSPS) is 12.5. The number of hydrogen-bond donors (Lipinski definition) is 2. The van der Waals surface area contributed by atoms with Gasteiger partial charge in [-0.1, -0.05) is 71.1 Å². The van der Waals surface area contributed by atoms with Gasteiger partial charge in [-0.15, -0.1) is 0 Å². The minimum atomic E-state index is -0.982. The third-order valence-electron chi connectivity index (χ3n) is 3.58. The Balaban J connectivity index is 3.21. The minimum Gasteiger partial charge on any atom is -0.373 e. The molecule has 0 bridgehead atoms. The number of carbonyl (C=O) groups excluding carboxylic acids is 1. The molecular formula is C16H32NO3P. The van der Waals surface area contributed by atoms with Crippen molar-refractivity contribution in [2.45, 2.75) is 90.2 Å². The van der Waals surface area contributed by atoms with Crippen LogP contribution in [0, 0.1) is 0 Å². The molecule has 21 heavy (non-hydrogen) atoms. The second-order valence-electron chi connectivity index (χ2n) is 5.68. The summed E-state index contributed by atoms with van der Waals surface area (Å²) in [7, 11) is -0.147. The van der Waals surface area contributed by atoms with E-state index >= 15 is 0 Å². The first-order valence-corrected chi connectivity index (χ1v) is 9.47. The van der Waals surface area contributed by atoms with Gasteiger partial charge in [0.2, 0.25) is 5.91 Å². The molecule has 0 heterocycles. The molecule has 5 heteroatoms. The SMILES string of the molecule is CCCCCCCCCCCCCC(=O)NC(O)CP=O. The molecule has 0 aromatic heterocycles. The van der Waals surface area contributed by atoms with Crippen molar-refractivity contribution in [3.63, 3.8) is 0 Å². The van der Waals surface area contributed by atoms with Crippen LogP contribution in [0.2, 0.25) is 0 Å². The van der Waals surface area contributed by atoms with Gasteiger partial charge in [0.1, 0.15) is 6.23 Å². The highest BCUT2D eigenvalue weighted by molar-refractivity contribution is 7.23. The van der Waals surface area contributed by atoms with Crippen LogP contribution in [-0.2, 0) is 9.36 Å². The molecule has 0 radical (unpaired) electrons. The Morgan fingerprint density at radius 3 is 1.90 bits per heavy atom. The average Bonchev–Trinajstić information content (AvgIpc) is 2.45. The third kappa shape index (κ3) is 15.7. The zero-order valence-electron chi connectivity index (χ0n) is 13.5. The van der Waals surface area contributed by atoms with Crippen LogP contribution in [0.5, 0.6) is 0 Å². The van der Waals surface area contributed by atoms with Gasteiger partial charge in [-0.2, -0.15) is 0 Å². The fourth-order valence-corrected chi connectivity index (χ4v) is 2.56. The number of aliphatic hydroxyl groups is 1. The first kappa shape index (κ1) is 20.5. The van der Waals surface area contributed by atoms with E-state index in [2.05, 4.69) is 12.2 Å². The van der Waals surface area contributed by atoms with Gasteiger partial charge < -0.3 is 10.4 Å². The highest BCUT2D eigenvalue weighted by Crippen LogP contribution is 2.11. The van der Waals surface area contributed by atoms with Crippen LogP contribution in [0.3, 0.4) is 0 Å². The second-order valence-corrected chi connectivity index (χ2v) is 6.30. The molecule has 0 fully saturated rings. The third-order valence-corrected chi connectivity index (χ3v) is 4.08. The van der Waals surface area contributed by atoms with Gasteiger partial charge in [0.25, 0.3) is 0 Å². The van der Waals surface area contributed by atoms with Gasteiger partial charge in [0, 0.05) is 6.42 Å². The van der Waals surface area contributed by atoms with Crippen LogP contribution in [0.1, 0.15) is 84.0 Å². The monoisotopic (exact) mass is 317 g/mol. The van der Waals surface area contributed by atoms with Crippen molar-refractivity contribution >= 4 is 14.4 Å². The molecule has 1 atom stereocenters. The van der Waals surface area contributed by atoms with Crippen molar-refractivity contribution in [1.29, 1.82) is 0 Å². The summed E-state index contributed by atoms with van der Waals surface area (Å²) in [5, 5.41) is 11.7. The van der Waals surface area contributed by atoms with E-state index in [1.807, 2.05) is 0 Å². The van der Waals surface area contributed by atoms with Gasteiger partial charge in [0.15, 0.2) is 8.46 Å². The first-order valence-electron chi connectivity index (χ1n) is 8.47. The van der Waals surface area contributed by atoms with Crippen LogP contribution < -0.4 is 5.32 Å². The molecule has 0 aliphatic carbocycles. The molecule has 0 aromatic carbocycles. The standard InChI is InChI=1S/C16H32NO3P/c1-2-3-4-5-6-7-8-9-10-11-12-13-15(18)17-16(19)14-21-20/h16,19H,2-14H2,1H3,(H,17,18). The largest absolute Gasteiger partial charge is 0.373 e. The predicted molar refractivity (Wildman–Crippen MR) is 87.7 cm³/mol. The number of unbranched alkanes of at least 4 members (excludes halogenated alkanes) is 10. The van der Waals surface area contributed by atoms with Crippen molar-refractivity contribution < 1.29 is 14.5 Å². The molecule has 0 saturated heterocycles. The summed E-state index contributed by atoms with van der Waals surface area (Å²) < 4.78 is 10.2. The highest BCUT2D eigenvalue weighted by Gasteiger charge is 2.07. The summed E-state index contributed by atoms with van der Waals surface area (Å²) in [6, 6.07) is 0. The van der Waals surface area contributed by atoms with E-state index in [0.29, 0.717) is 6.42 Å². The summed E-state index contributed by atoms with van der Waals surface area (Å²) in [5.74, 6) is -0.151. The summed E-state index contributed by atoms with van der Waals surface area (Å²) >= 11 is 0. The van der Waals surface area contributed by atoms with E-state index in [1.54, 1.807) is 0 Å². The van der Waals surface area contributed by atoms with E-state index in [-0.39, 0.29) is 20.5 Å². The van der Waals surface area contributed by atoms with E-state index in [1.165, 1.54) is 57.8 Å². The molecule has 1 unspecified atom stereocenters. The summed E-state index contributed by atoms with van der Waals surface area (Å²) in [4.78, 5) is 11.4. The van der Waals surface area contributed by atoms with E-state index in [0.717, 1.165) is 12.8 Å². The van der Waals surface area contributed by atoms with Crippen LogP contribution >= 0.6 is 8.46 Å². The second kappa shape index (κ2) is 15.9. The molecule has 4 nitrogen and oxygen atoms in total. The van der Waals surface area contributed by atoms with E-state index in [4.69, 9.17) is 0 Å². The molecular weight excluding hydrogens is 285 g/mol. The van der Waals surface area contributed by atoms with Crippen molar-refractivity contribution in [1.82, 2.24) is 5.32 Å². The maximum absolute atomic E-state index is 11.4. The van der Waals surface area contributed by atoms with Crippen LogP contribution in [0.15, 0.2) is 0 Å². The van der Waals surface area contributed by atoms with Crippen molar-refractivity contribution in [2.24, 2.45) is 0 Å². The number of amides is 1. The topological polar surface area (TPSA) is 66.4 Å². The number of rotatable bonds is 15. The van der Waals surface area contributed by atoms with Gasteiger partial charge in [-0.25, -0.2) is 0 Å². The lowest BCUT2D eigenvalue weighted by atomic mass is 10.1. The summed E-state index contributed by atoms with van der Waals surface area (Å²) in [6.07, 6.45) is 13.3. The predicted octanol–water partition coefficient (Wildman–Crippen LogP) is 4.41. The highest BCUT2D eigenvalue weighted by atomic mass is 31.1. The summed E-state index contributed by atoms with van der Waals surface area (Å²) in [6.45, 7) is 2.24. The minimum absolute atomic E-state index is 0.0595. The Morgan fingerprint density at radius 1 is 0.952 bits per heavy atom. The smallest absolute Gasteiger partial charge is 0.221 e. The van der Waals surface area contributed by atoms with E-state index < -0.39 is 6.23 Å². The first-order chi connectivity index (χ1) is 10.2. The Labute approximate surface area is 131 Å². The lowest BCUT2D eigenvalue weighted by molar-refractivity contribution is -0.123. The lowest BCUT2D eigenvalue weighted by Crippen LogP contribution is -2.35. The maximum Gasteiger partial charge on any atom is 0.221 e. The number of aliphatic hydroxyl groups excluding tert-OH is 1. The molecule has 0 aliphatic heterocycles. The quantitative estimate of drug-likeness (QED) is 0.267. The Kier molecular flexibility index (Phi) is 15.6. The van der Waals surface area contributed by atoms with Gasteiger partial charge in [-0.3, -0.25) is 9.36 Å². The average molecular weight is 317 g/mol. The molecule has 1 amide bonds. The van der Waals surface area contributed by atoms with Gasteiger partial charge in [-0.05, 0) is 6.42 Å². The maximum atomic E-state index is 11.4. The van der Waals surface area contributed by atoms with Crippen LogP contribution in [0.4, 0.5) is 0 Å².